The van der Waals surface area contributed by atoms with Gasteiger partial charge in [0.15, 0.2) is 0 Å². The molecule has 2 amide bonds. The summed E-state index contributed by atoms with van der Waals surface area (Å²) in [6.07, 6.45) is 2.18. The largest absolute Gasteiger partial charge is 0.494 e. The van der Waals surface area contributed by atoms with Gasteiger partial charge in [0, 0.05) is 29.7 Å². The van der Waals surface area contributed by atoms with E-state index in [1.54, 1.807) is 0 Å². The molecular formula is C26H24N2O4. The quantitative estimate of drug-likeness (QED) is 0.556. The van der Waals surface area contributed by atoms with Gasteiger partial charge in [0.1, 0.15) is 17.2 Å². The van der Waals surface area contributed by atoms with Gasteiger partial charge in [0.2, 0.25) is 11.8 Å². The van der Waals surface area contributed by atoms with Gasteiger partial charge < -0.3 is 20.1 Å². The average Bonchev–Trinajstić information content (AvgIpc) is 2.81. The molecule has 162 valence electrons. The number of benzene rings is 3. The Labute approximate surface area is 186 Å². The van der Waals surface area contributed by atoms with Crippen LogP contribution in [0.2, 0.25) is 0 Å². The van der Waals surface area contributed by atoms with Crippen LogP contribution in [0.3, 0.4) is 0 Å². The fourth-order valence-corrected chi connectivity index (χ4v) is 4.17. The summed E-state index contributed by atoms with van der Waals surface area (Å²) in [6, 6.07) is 21.0. The summed E-state index contributed by atoms with van der Waals surface area (Å²) >= 11 is 0. The highest BCUT2D eigenvalue weighted by Gasteiger charge is 2.27. The van der Waals surface area contributed by atoms with Crippen LogP contribution in [0.4, 0.5) is 5.69 Å². The van der Waals surface area contributed by atoms with Crippen molar-refractivity contribution in [2.45, 2.75) is 31.7 Å². The zero-order chi connectivity index (χ0) is 21.9. The first-order valence-corrected chi connectivity index (χ1v) is 10.9. The molecule has 5 rings (SSSR count). The number of nitrogens with one attached hydrogen (secondary N) is 2. The number of para-hydroxylation sites is 2. The van der Waals surface area contributed by atoms with Gasteiger partial charge in [-0.05, 0) is 48.7 Å². The number of anilines is 1. The molecule has 0 radical (unpaired) electrons. The Kier molecular flexibility index (Phi) is 5.50. The first kappa shape index (κ1) is 20.1. The third kappa shape index (κ3) is 4.17. The molecule has 0 aliphatic carbocycles. The Morgan fingerprint density at radius 3 is 2.47 bits per heavy atom. The summed E-state index contributed by atoms with van der Waals surface area (Å²) in [5.74, 6) is 2.31. The summed E-state index contributed by atoms with van der Waals surface area (Å²) in [4.78, 5) is 24.2. The van der Waals surface area contributed by atoms with Gasteiger partial charge >= 0.3 is 0 Å². The van der Waals surface area contributed by atoms with E-state index >= 15 is 0 Å². The number of hydrogen-bond donors (Lipinski definition) is 2. The van der Waals surface area contributed by atoms with E-state index in [9.17, 15) is 9.59 Å². The predicted octanol–water partition coefficient (Wildman–Crippen LogP) is 4.74. The number of ether oxygens (including phenoxy) is 2. The lowest BCUT2D eigenvalue weighted by Gasteiger charge is -2.28. The highest BCUT2D eigenvalue weighted by molar-refractivity contribution is 5.94. The first-order valence-electron chi connectivity index (χ1n) is 10.9. The number of rotatable bonds is 6. The SMILES string of the molecule is O=C1CCc2cc(OCCCC(=O)NC3c4ccccc4Oc4ccccc43)ccc2N1. The average molecular weight is 428 g/mol. The van der Waals surface area contributed by atoms with Crippen molar-refractivity contribution in [1.29, 1.82) is 0 Å². The Hall–Kier alpha value is -3.80. The summed E-state index contributed by atoms with van der Waals surface area (Å²) in [5, 5.41) is 6.03. The Morgan fingerprint density at radius 2 is 1.72 bits per heavy atom. The molecule has 2 N–H and O–H groups in total. The Morgan fingerprint density at radius 1 is 1.00 bits per heavy atom. The van der Waals surface area contributed by atoms with Crippen LogP contribution in [0.5, 0.6) is 17.2 Å². The first-order chi connectivity index (χ1) is 15.7. The van der Waals surface area contributed by atoms with E-state index in [1.807, 2.05) is 66.7 Å². The molecule has 0 fully saturated rings. The number of carbonyl (C=O) groups is 2. The predicted molar refractivity (Wildman–Crippen MR) is 121 cm³/mol. The minimum atomic E-state index is -0.236. The van der Waals surface area contributed by atoms with Crippen molar-refractivity contribution in [2.75, 3.05) is 11.9 Å². The molecule has 0 unspecified atom stereocenters. The maximum atomic E-state index is 12.7. The van der Waals surface area contributed by atoms with Crippen LogP contribution in [0, 0.1) is 0 Å². The minimum Gasteiger partial charge on any atom is -0.494 e. The van der Waals surface area contributed by atoms with Crippen molar-refractivity contribution in [3.05, 3.63) is 83.4 Å². The van der Waals surface area contributed by atoms with Crippen LogP contribution in [0.25, 0.3) is 0 Å². The zero-order valence-electron chi connectivity index (χ0n) is 17.6. The molecule has 32 heavy (non-hydrogen) atoms. The standard InChI is InChI=1S/C26H24N2O4/c29-24(10-5-15-31-18-12-13-21-17(16-18)11-14-25(30)27-21)28-26-19-6-1-3-8-22(19)32-23-9-4-2-7-20(23)26/h1-4,6-9,12-13,16,26H,5,10-11,14-15H2,(H,27,30)(H,28,29). The normalized spacial score (nSPS) is 14.3. The van der Waals surface area contributed by atoms with E-state index in [4.69, 9.17) is 9.47 Å². The van der Waals surface area contributed by atoms with Crippen LogP contribution >= 0.6 is 0 Å². The lowest BCUT2D eigenvalue weighted by Crippen LogP contribution is -2.31. The molecule has 0 bridgehead atoms. The third-order valence-corrected chi connectivity index (χ3v) is 5.77. The van der Waals surface area contributed by atoms with E-state index in [2.05, 4.69) is 10.6 Å². The molecule has 0 spiro atoms. The van der Waals surface area contributed by atoms with Crippen molar-refractivity contribution >= 4 is 17.5 Å². The van der Waals surface area contributed by atoms with Crippen molar-refractivity contribution < 1.29 is 19.1 Å². The lowest BCUT2D eigenvalue weighted by atomic mass is 9.94. The summed E-state index contributed by atoms with van der Waals surface area (Å²) in [6.45, 7) is 0.444. The summed E-state index contributed by atoms with van der Waals surface area (Å²) in [7, 11) is 0. The molecule has 0 atom stereocenters. The van der Waals surface area contributed by atoms with Crippen molar-refractivity contribution in [3.63, 3.8) is 0 Å². The van der Waals surface area contributed by atoms with Crippen LogP contribution in [-0.4, -0.2) is 18.4 Å². The molecule has 3 aromatic rings. The van der Waals surface area contributed by atoms with E-state index in [1.165, 1.54) is 0 Å². The summed E-state index contributed by atoms with van der Waals surface area (Å²) in [5.41, 5.74) is 3.84. The monoisotopic (exact) mass is 428 g/mol. The molecule has 0 aromatic heterocycles. The van der Waals surface area contributed by atoms with Crippen molar-refractivity contribution in [3.8, 4) is 17.2 Å². The maximum Gasteiger partial charge on any atom is 0.224 e. The molecule has 3 aromatic carbocycles. The number of aryl methyl sites for hydroxylation is 1. The number of carbonyl (C=O) groups excluding carboxylic acids is 2. The second-order valence-corrected chi connectivity index (χ2v) is 8.00. The second kappa shape index (κ2) is 8.75. The van der Waals surface area contributed by atoms with Gasteiger partial charge in [0.05, 0.1) is 12.6 Å². The number of fused-ring (bicyclic) bond motifs is 3. The zero-order valence-corrected chi connectivity index (χ0v) is 17.6. The van der Waals surface area contributed by atoms with E-state index < -0.39 is 0 Å². The maximum absolute atomic E-state index is 12.7. The lowest BCUT2D eigenvalue weighted by molar-refractivity contribution is -0.122. The van der Waals surface area contributed by atoms with Gasteiger partial charge in [-0.2, -0.15) is 0 Å². The molecule has 2 aliphatic rings. The Bertz CT molecular complexity index is 1130. The van der Waals surface area contributed by atoms with E-state index in [-0.39, 0.29) is 17.9 Å². The molecule has 2 heterocycles. The number of hydrogen-bond acceptors (Lipinski definition) is 4. The second-order valence-electron chi connectivity index (χ2n) is 8.00. The molecule has 0 saturated heterocycles. The van der Waals surface area contributed by atoms with Crippen LogP contribution in [0.1, 0.15) is 42.0 Å². The van der Waals surface area contributed by atoms with E-state index in [0.29, 0.717) is 25.9 Å². The topological polar surface area (TPSA) is 76.7 Å². The van der Waals surface area contributed by atoms with Gasteiger partial charge in [-0.25, -0.2) is 0 Å². The Balaban J connectivity index is 1.17. The molecule has 0 saturated carbocycles. The van der Waals surface area contributed by atoms with Gasteiger partial charge in [-0.15, -0.1) is 0 Å². The highest BCUT2D eigenvalue weighted by Crippen LogP contribution is 2.42. The fraction of sp³-hybridized carbons (Fsp3) is 0.231. The van der Waals surface area contributed by atoms with Gasteiger partial charge in [-0.1, -0.05) is 36.4 Å². The van der Waals surface area contributed by atoms with Crippen LogP contribution in [-0.2, 0) is 16.0 Å². The van der Waals surface area contributed by atoms with E-state index in [0.717, 1.165) is 46.0 Å². The molecular weight excluding hydrogens is 404 g/mol. The third-order valence-electron chi connectivity index (χ3n) is 5.77. The number of amides is 2. The molecule has 2 aliphatic heterocycles. The van der Waals surface area contributed by atoms with Gasteiger partial charge in [0.25, 0.3) is 0 Å². The van der Waals surface area contributed by atoms with Crippen LogP contribution in [0.15, 0.2) is 66.7 Å². The van der Waals surface area contributed by atoms with Crippen molar-refractivity contribution in [2.24, 2.45) is 0 Å². The molecule has 6 heteroatoms. The minimum absolute atomic E-state index is 0.0294. The van der Waals surface area contributed by atoms with Gasteiger partial charge in [-0.3, -0.25) is 9.59 Å². The highest BCUT2D eigenvalue weighted by atomic mass is 16.5. The van der Waals surface area contributed by atoms with Crippen molar-refractivity contribution in [1.82, 2.24) is 5.32 Å². The summed E-state index contributed by atoms with van der Waals surface area (Å²) < 4.78 is 11.8. The van der Waals surface area contributed by atoms with Crippen LogP contribution < -0.4 is 20.1 Å². The fourth-order valence-electron chi connectivity index (χ4n) is 4.17. The molecule has 6 nitrogen and oxygen atoms in total. The smallest absolute Gasteiger partial charge is 0.224 e.